The molecule has 9 heteroatoms. The van der Waals surface area contributed by atoms with Crippen LogP contribution >= 0.6 is 11.6 Å². The van der Waals surface area contributed by atoms with Gasteiger partial charge in [-0.2, -0.15) is 0 Å². The first-order valence-electron chi connectivity index (χ1n) is 8.50. The molecule has 1 unspecified atom stereocenters. The lowest BCUT2D eigenvalue weighted by molar-refractivity contribution is 0.171. The van der Waals surface area contributed by atoms with Crippen molar-refractivity contribution in [1.29, 1.82) is 0 Å². The zero-order valence-corrected chi connectivity index (χ0v) is 16.0. The summed E-state index contributed by atoms with van der Waals surface area (Å²) in [5.41, 5.74) is 0. The predicted octanol–water partition coefficient (Wildman–Crippen LogP) is 2.19. The Bertz CT molecular complexity index is 928. The van der Waals surface area contributed by atoms with Gasteiger partial charge in [-0.05, 0) is 12.3 Å². The van der Waals surface area contributed by atoms with Crippen LogP contribution in [0.1, 0.15) is 12.2 Å². The number of aromatic nitrogens is 2. The third kappa shape index (κ3) is 3.17. The van der Waals surface area contributed by atoms with Crippen LogP contribution in [0, 0.1) is 5.92 Å². The molecule has 2 aliphatic heterocycles. The Morgan fingerprint density at radius 3 is 2.81 bits per heavy atom. The van der Waals surface area contributed by atoms with Crippen molar-refractivity contribution < 1.29 is 17.9 Å². The van der Waals surface area contributed by atoms with Gasteiger partial charge >= 0.3 is 0 Å². The normalized spacial score (nSPS) is 19.4. The van der Waals surface area contributed by atoms with Gasteiger partial charge in [-0.1, -0.05) is 11.6 Å². The lowest BCUT2D eigenvalue weighted by atomic mass is 10.00. The summed E-state index contributed by atoms with van der Waals surface area (Å²) in [7, 11) is -2.14. The molecule has 1 atom stereocenters. The van der Waals surface area contributed by atoms with Gasteiger partial charge in [-0.25, -0.2) is 17.7 Å². The van der Waals surface area contributed by atoms with Gasteiger partial charge in [0.25, 0.3) is 0 Å². The van der Waals surface area contributed by atoms with E-state index in [0.29, 0.717) is 31.3 Å². The second kappa shape index (κ2) is 6.75. The first-order chi connectivity index (χ1) is 12.4. The number of ether oxygens (including phenoxy) is 2. The molecule has 0 amide bonds. The summed E-state index contributed by atoms with van der Waals surface area (Å²) in [6, 6.07) is 2.96. The number of sulfonamides is 1. The topological polar surface area (TPSA) is 73.7 Å². The molecular formula is C17H20ClN3O4S. The molecule has 140 valence electrons. The first kappa shape index (κ1) is 17.6. The highest BCUT2D eigenvalue weighted by Gasteiger charge is 2.30. The summed E-state index contributed by atoms with van der Waals surface area (Å²) in [5, 5.41) is 0.140. The van der Waals surface area contributed by atoms with Crippen LogP contribution in [0.3, 0.4) is 0 Å². The Morgan fingerprint density at radius 1 is 1.31 bits per heavy atom. The average Bonchev–Trinajstić information content (AvgIpc) is 3.08. The van der Waals surface area contributed by atoms with Crippen molar-refractivity contribution in [2.24, 2.45) is 5.92 Å². The van der Waals surface area contributed by atoms with Gasteiger partial charge in [-0.3, -0.25) is 0 Å². The Balaban J connectivity index is 1.55. The number of nitrogens with zero attached hydrogens (tertiary/aromatic N) is 3. The van der Waals surface area contributed by atoms with E-state index < -0.39 is 10.0 Å². The van der Waals surface area contributed by atoms with Gasteiger partial charge in [-0.15, -0.1) is 0 Å². The van der Waals surface area contributed by atoms with Crippen molar-refractivity contribution in [1.82, 2.24) is 13.9 Å². The zero-order chi connectivity index (χ0) is 18.3. The molecule has 0 aliphatic carbocycles. The molecule has 3 heterocycles. The Morgan fingerprint density at radius 2 is 2.04 bits per heavy atom. The van der Waals surface area contributed by atoms with E-state index in [1.807, 2.05) is 6.20 Å². The minimum atomic E-state index is -3.73. The van der Waals surface area contributed by atoms with E-state index in [9.17, 15) is 8.42 Å². The maximum Gasteiger partial charge on any atom is 0.244 e. The van der Waals surface area contributed by atoms with Crippen LogP contribution in [0.25, 0.3) is 0 Å². The average molecular weight is 398 g/mol. The molecule has 7 nitrogen and oxygen atoms in total. The van der Waals surface area contributed by atoms with E-state index in [1.165, 1.54) is 16.4 Å². The molecule has 0 bridgehead atoms. The van der Waals surface area contributed by atoms with E-state index in [0.717, 1.165) is 25.2 Å². The van der Waals surface area contributed by atoms with Crippen molar-refractivity contribution >= 4 is 21.6 Å². The summed E-state index contributed by atoms with van der Waals surface area (Å²) in [4.78, 5) is 4.35. The van der Waals surface area contributed by atoms with Gasteiger partial charge in [0.05, 0.1) is 5.02 Å². The Labute approximate surface area is 157 Å². The number of aryl methyl sites for hydroxylation is 1. The van der Waals surface area contributed by atoms with Crippen LogP contribution < -0.4 is 9.47 Å². The quantitative estimate of drug-likeness (QED) is 0.790. The highest BCUT2D eigenvalue weighted by atomic mass is 35.5. The molecule has 4 rings (SSSR count). The molecule has 0 fully saturated rings. The number of rotatable bonds is 4. The van der Waals surface area contributed by atoms with Crippen molar-refractivity contribution in [2.75, 3.05) is 26.8 Å². The van der Waals surface area contributed by atoms with Gasteiger partial charge < -0.3 is 14.0 Å². The van der Waals surface area contributed by atoms with Crippen LogP contribution in [-0.4, -0.2) is 49.1 Å². The number of halogens is 1. The summed E-state index contributed by atoms with van der Waals surface area (Å²) < 4.78 is 40.5. The number of imidazole rings is 1. The highest BCUT2D eigenvalue weighted by Crippen LogP contribution is 2.38. The van der Waals surface area contributed by atoms with Crippen molar-refractivity contribution in [3.05, 3.63) is 35.4 Å². The third-order valence-corrected chi connectivity index (χ3v) is 7.12. The highest BCUT2D eigenvalue weighted by molar-refractivity contribution is 7.89. The molecule has 0 saturated heterocycles. The summed E-state index contributed by atoms with van der Waals surface area (Å²) in [6.45, 7) is 2.00. The first-order valence-corrected chi connectivity index (χ1v) is 10.3. The smallest absolute Gasteiger partial charge is 0.244 e. The van der Waals surface area contributed by atoms with Crippen molar-refractivity contribution in [3.8, 4) is 11.5 Å². The second-order valence-electron chi connectivity index (χ2n) is 6.61. The summed E-state index contributed by atoms with van der Waals surface area (Å²) >= 11 is 6.23. The fourth-order valence-corrected chi connectivity index (χ4v) is 5.21. The summed E-state index contributed by atoms with van der Waals surface area (Å²) in [6.07, 6.45) is 5.49. The van der Waals surface area contributed by atoms with Crippen molar-refractivity contribution in [2.45, 2.75) is 24.3 Å². The molecule has 0 radical (unpaired) electrons. The number of hydrogen-bond acceptors (Lipinski definition) is 5. The zero-order valence-electron chi connectivity index (χ0n) is 14.4. The van der Waals surface area contributed by atoms with Gasteiger partial charge in [0.2, 0.25) is 10.0 Å². The molecule has 2 aromatic rings. The molecule has 1 aromatic carbocycles. The lowest BCUT2D eigenvalue weighted by Crippen LogP contribution is -2.35. The van der Waals surface area contributed by atoms with Gasteiger partial charge in [0.1, 0.15) is 23.9 Å². The minimum Gasteiger partial charge on any atom is -0.486 e. The van der Waals surface area contributed by atoms with Crippen LogP contribution in [0.4, 0.5) is 0 Å². The molecule has 2 aliphatic rings. The number of fused-ring (bicyclic) bond motifs is 2. The minimum absolute atomic E-state index is 0.0463. The number of hydrogen-bond donors (Lipinski definition) is 0. The second-order valence-corrected chi connectivity index (χ2v) is 9.03. The lowest BCUT2D eigenvalue weighted by Gasteiger charge is -2.28. The van der Waals surface area contributed by atoms with Crippen LogP contribution in [-0.2, 0) is 23.0 Å². The van der Waals surface area contributed by atoms with Crippen LogP contribution in [0.2, 0.25) is 5.02 Å². The van der Waals surface area contributed by atoms with E-state index in [2.05, 4.69) is 9.55 Å². The maximum absolute atomic E-state index is 13.0. The predicted molar refractivity (Wildman–Crippen MR) is 96.3 cm³/mol. The van der Waals surface area contributed by atoms with E-state index in [4.69, 9.17) is 21.1 Å². The standard InChI is InChI=1S/C17H20ClN3O4S/c1-20(10-12-2-3-17-19-4-5-21(17)11-12)26(22,23)16-9-15-14(8-13(16)18)24-6-7-25-15/h4-5,8-9,12H,2-3,6-7,10-11H2,1H3. The fourth-order valence-electron chi connectivity index (χ4n) is 3.46. The van der Waals surface area contributed by atoms with E-state index in [-0.39, 0.29) is 15.8 Å². The fraction of sp³-hybridized carbons (Fsp3) is 0.471. The van der Waals surface area contributed by atoms with Crippen LogP contribution in [0.5, 0.6) is 11.5 Å². The maximum atomic E-state index is 13.0. The molecule has 26 heavy (non-hydrogen) atoms. The monoisotopic (exact) mass is 397 g/mol. The van der Waals surface area contributed by atoms with E-state index >= 15 is 0 Å². The molecule has 0 N–H and O–H groups in total. The van der Waals surface area contributed by atoms with Gasteiger partial charge in [0, 0.05) is 51.1 Å². The molecule has 0 saturated carbocycles. The Hall–Kier alpha value is -1.77. The summed E-state index contributed by atoms with van der Waals surface area (Å²) in [5.74, 6) is 2.17. The number of benzene rings is 1. The van der Waals surface area contributed by atoms with Gasteiger partial charge in [0.15, 0.2) is 11.5 Å². The molecule has 0 spiro atoms. The SMILES string of the molecule is CN(CC1CCc2nccn2C1)S(=O)(=O)c1cc2c(cc1Cl)OCCO2. The van der Waals surface area contributed by atoms with E-state index in [1.54, 1.807) is 13.2 Å². The van der Waals surface area contributed by atoms with Crippen molar-refractivity contribution in [3.63, 3.8) is 0 Å². The molecular weight excluding hydrogens is 378 g/mol. The molecule has 1 aromatic heterocycles. The third-order valence-electron chi connectivity index (χ3n) is 4.83. The van der Waals surface area contributed by atoms with Crippen LogP contribution in [0.15, 0.2) is 29.4 Å². The Kier molecular flexibility index (Phi) is 4.58. The largest absolute Gasteiger partial charge is 0.486 e.